The molecule has 6 N–H and O–H groups in total. The van der Waals surface area contributed by atoms with Crippen LogP contribution in [0.2, 0.25) is 0 Å². The van der Waals surface area contributed by atoms with Crippen molar-refractivity contribution in [1.82, 2.24) is 10.2 Å². The SMILES string of the molecule is CC(C)C[C@H](N)C(=O)N[C@@H](Cc1ccccc1)C(=O)N(C(=O)OC(C)(C)C)C(=O)[C@H](Cc1ccc(OCc2ccccc2)cc1)C[C@H](O)[C@@H](N)Cc1ccccc1. The number of nitrogens with two attached hydrogens (primary N) is 2. The predicted octanol–water partition coefficient (Wildman–Crippen LogP) is 6.14. The Morgan fingerprint density at radius 2 is 1.19 bits per heavy atom. The van der Waals surface area contributed by atoms with Gasteiger partial charge in [0.15, 0.2) is 0 Å². The Hall–Kier alpha value is -5.36. The number of carbonyl (C=O) groups is 4. The lowest BCUT2D eigenvalue weighted by Crippen LogP contribution is -2.58. The van der Waals surface area contributed by atoms with Crippen LogP contribution in [0.1, 0.15) is 69.7 Å². The number of amides is 4. The molecule has 11 heteroatoms. The lowest BCUT2D eigenvalue weighted by molar-refractivity contribution is -0.149. The molecule has 0 fully saturated rings. The second-order valence-corrected chi connectivity index (χ2v) is 16.0. The molecule has 0 radical (unpaired) electrons. The van der Waals surface area contributed by atoms with Gasteiger partial charge in [-0.1, -0.05) is 117 Å². The highest BCUT2D eigenvalue weighted by atomic mass is 16.6. The Morgan fingerprint density at radius 3 is 1.72 bits per heavy atom. The summed E-state index contributed by atoms with van der Waals surface area (Å²) in [6.07, 6.45) is -1.90. The summed E-state index contributed by atoms with van der Waals surface area (Å²) in [6.45, 7) is 9.08. The molecule has 0 heterocycles. The van der Waals surface area contributed by atoms with E-state index < -0.39 is 59.6 Å². The van der Waals surface area contributed by atoms with Crippen LogP contribution in [0, 0.1) is 11.8 Å². The highest BCUT2D eigenvalue weighted by Gasteiger charge is 2.42. The lowest BCUT2D eigenvalue weighted by atomic mass is 9.88. The Bertz CT molecular complexity index is 1870. The van der Waals surface area contributed by atoms with Gasteiger partial charge in [0.1, 0.15) is 24.0 Å². The maximum Gasteiger partial charge on any atom is 0.424 e. The molecule has 0 saturated carbocycles. The molecule has 0 aromatic heterocycles. The number of nitrogens with zero attached hydrogens (tertiary/aromatic N) is 1. The van der Waals surface area contributed by atoms with Crippen molar-refractivity contribution in [2.75, 3.05) is 0 Å². The number of aliphatic hydroxyl groups excluding tert-OH is 1. The summed E-state index contributed by atoms with van der Waals surface area (Å²) in [5.41, 5.74) is 14.9. The maximum absolute atomic E-state index is 14.9. The van der Waals surface area contributed by atoms with E-state index in [1.807, 2.05) is 80.6 Å². The van der Waals surface area contributed by atoms with Crippen LogP contribution in [0.15, 0.2) is 115 Å². The average Bonchev–Trinajstić information content (AvgIpc) is 3.17. The number of carbonyl (C=O) groups excluding carboxylic acids is 4. The third-order valence-corrected chi connectivity index (χ3v) is 9.31. The van der Waals surface area contributed by atoms with Crippen molar-refractivity contribution in [3.05, 3.63) is 138 Å². The van der Waals surface area contributed by atoms with Gasteiger partial charge in [0, 0.05) is 18.4 Å². The van der Waals surface area contributed by atoms with Gasteiger partial charge in [-0.3, -0.25) is 14.4 Å². The van der Waals surface area contributed by atoms with Gasteiger partial charge in [-0.05, 0) is 86.8 Å². The van der Waals surface area contributed by atoms with Crippen molar-refractivity contribution in [2.45, 2.75) is 103 Å². The molecule has 4 aromatic rings. The predicted molar refractivity (Wildman–Crippen MR) is 221 cm³/mol. The van der Waals surface area contributed by atoms with Crippen LogP contribution in [0.3, 0.4) is 0 Å². The Balaban J connectivity index is 1.69. The molecule has 0 aliphatic heterocycles. The van der Waals surface area contributed by atoms with Crippen molar-refractivity contribution < 1.29 is 33.8 Å². The molecule has 0 bridgehead atoms. The van der Waals surface area contributed by atoms with Crippen molar-refractivity contribution >= 4 is 23.8 Å². The highest BCUT2D eigenvalue weighted by molar-refractivity contribution is 6.11. The summed E-state index contributed by atoms with van der Waals surface area (Å²) in [4.78, 5) is 57.5. The minimum Gasteiger partial charge on any atom is -0.489 e. The summed E-state index contributed by atoms with van der Waals surface area (Å²) in [6, 6.07) is 32.2. The first-order valence-electron chi connectivity index (χ1n) is 19.5. The normalized spacial score (nSPS) is 14.1. The summed E-state index contributed by atoms with van der Waals surface area (Å²) in [5, 5.41) is 14.2. The smallest absolute Gasteiger partial charge is 0.424 e. The quantitative estimate of drug-likeness (QED) is 0.0926. The van der Waals surface area contributed by atoms with E-state index in [9.17, 15) is 24.3 Å². The van der Waals surface area contributed by atoms with Gasteiger partial charge in [-0.15, -0.1) is 0 Å². The third kappa shape index (κ3) is 14.6. The summed E-state index contributed by atoms with van der Waals surface area (Å²) >= 11 is 0. The lowest BCUT2D eigenvalue weighted by Gasteiger charge is -2.32. The number of hydrogen-bond donors (Lipinski definition) is 4. The number of nitrogens with one attached hydrogen (secondary N) is 1. The zero-order chi connectivity index (χ0) is 41.5. The van der Waals surface area contributed by atoms with Gasteiger partial charge < -0.3 is 31.4 Å². The third-order valence-electron chi connectivity index (χ3n) is 9.31. The molecule has 0 aliphatic carbocycles. The molecule has 304 valence electrons. The van der Waals surface area contributed by atoms with E-state index in [2.05, 4.69) is 5.32 Å². The van der Waals surface area contributed by atoms with E-state index in [1.54, 1.807) is 69.3 Å². The van der Waals surface area contributed by atoms with E-state index in [-0.39, 0.29) is 25.2 Å². The van der Waals surface area contributed by atoms with E-state index in [1.165, 1.54) is 0 Å². The van der Waals surface area contributed by atoms with E-state index in [0.29, 0.717) is 41.2 Å². The van der Waals surface area contributed by atoms with Gasteiger partial charge in [0.25, 0.3) is 5.91 Å². The van der Waals surface area contributed by atoms with E-state index in [4.69, 9.17) is 20.9 Å². The molecular weight excluding hydrogens is 721 g/mol. The number of hydrogen-bond acceptors (Lipinski definition) is 9. The van der Waals surface area contributed by atoms with Crippen LogP contribution < -0.4 is 21.5 Å². The summed E-state index contributed by atoms with van der Waals surface area (Å²) in [5.74, 6) is -2.90. The number of aliphatic hydroxyl groups is 1. The topological polar surface area (TPSA) is 174 Å². The fraction of sp³-hybridized carbons (Fsp3) is 0.391. The van der Waals surface area contributed by atoms with Crippen LogP contribution in [0.25, 0.3) is 0 Å². The summed E-state index contributed by atoms with van der Waals surface area (Å²) < 4.78 is 11.6. The van der Waals surface area contributed by atoms with Crippen LogP contribution in [0.4, 0.5) is 4.79 Å². The number of ether oxygens (including phenoxy) is 2. The summed E-state index contributed by atoms with van der Waals surface area (Å²) in [7, 11) is 0. The number of benzene rings is 4. The van der Waals surface area contributed by atoms with E-state index >= 15 is 0 Å². The molecule has 57 heavy (non-hydrogen) atoms. The van der Waals surface area contributed by atoms with Gasteiger partial charge in [0.05, 0.1) is 12.1 Å². The zero-order valence-electron chi connectivity index (χ0n) is 33.7. The van der Waals surface area contributed by atoms with Gasteiger partial charge in [-0.25, -0.2) is 4.79 Å². The standard InChI is InChI=1S/C46H58N4O7/c1-31(2)25-39(48)42(52)49-40(28-33-17-11-7-12-18-33)44(54)50(45(55)57-46(3,4)5)43(53)36(29-41(51)38(47)27-32-15-9-6-10-16-32)26-34-21-23-37(24-22-34)56-30-35-19-13-8-14-20-35/h6-24,31,36,38-41,51H,25-30,47-48H2,1-5H3,(H,49,52)/t36-,38+,39+,40+,41+/m1/s1. The van der Waals surface area contributed by atoms with Gasteiger partial charge in [0.2, 0.25) is 11.8 Å². The minimum absolute atomic E-state index is 0.0356. The number of imide groups is 3. The molecule has 4 amide bonds. The van der Waals surface area contributed by atoms with Crippen molar-refractivity contribution in [3.63, 3.8) is 0 Å². The van der Waals surface area contributed by atoms with Crippen molar-refractivity contribution in [2.24, 2.45) is 23.3 Å². The first-order valence-corrected chi connectivity index (χ1v) is 19.5. The molecule has 0 saturated heterocycles. The Morgan fingerprint density at radius 1 is 0.684 bits per heavy atom. The molecule has 4 aromatic carbocycles. The molecule has 0 aliphatic rings. The monoisotopic (exact) mass is 778 g/mol. The second-order valence-electron chi connectivity index (χ2n) is 16.0. The fourth-order valence-corrected chi connectivity index (χ4v) is 6.39. The Labute approximate surface area is 336 Å². The van der Waals surface area contributed by atoms with Crippen LogP contribution >= 0.6 is 0 Å². The van der Waals surface area contributed by atoms with Crippen LogP contribution in [-0.2, 0) is 45.0 Å². The Kier molecular flexibility index (Phi) is 16.5. The highest BCUT2D eigenvalue weighted by Crippen LogP contribution is 2.25. The molecule has 11 nitrogen and oxygen atoms in total. The molecule has 5 atom stereocenters. The number of rotatable bonds is 18. The van der Waals surface area contributed by atoms with Gasteiger partial charge >= 0.3 is 6.09 Å². The zero-order valence-corrected chi connectivity index (χ0v) is 33.7. The van der Waals surface area contributed by atoms with Crippen LogP contribution in [0.5, 0.6) is 5.75 Å². The van der Waals surface area contributed by atoms with Crippen LogP contribution in [-0.4, -0.2) is 63.7 Å². The largest absolute Gasteiger partial charge is 0.489 e. The van der Waals surface area contributed by atoms with E-state index in [0.717, 1.165) is 11.1 Å². The van der Waals surface area contributed by atoms with Crippen molar-refractivity contribution in [3.8, 4) is 5.75 Å². The minimum atomic E-state index is -1.36. The molecular formula is C46H58N4O7. The first-order chi connectivity index (χ1) is 27.1. The first kappa shape index (κ1) is 44.4. The molecule has 0 spiro atoms. The maximum atomic E-state index is 14.9. The van der Waals surface area contributed by atoms with Gasteiger partial charge in [-0.2, -0.15) is 4.90 Å². The average molecular weight is 779 g/mol. The van der Waals surface area contributed by atoms with Crippen molar-refractivity contribution in [1.29, 1.82) is 0 Å². The second kappa shape index (κ2) is 21.2. The molecule has 0 unspecified atom stereocenters. The fourth-order valence-electron chi connectivity index (χ4n) is 6.39. The molecule has 4 rings (SSSR count).